The van der Waals surface area contributed by atoms with Gasteiger partial charge in [0.05, 0.1) is 11.0 Å². The first-order chi connectivity index (χ1) is 13.5. The zero-order valence-electron chi connectivity index (χ0n) is 16.6. The van der Waals surface area contributed by atoms with Gasteiger partial charge in [-0.3, -0.25) is 9.59 Å². The number of benzene rings is 2. The van der Waals surface area contributed by atoms with Crippen LogP contribution >= 0.6 is 0 Å². The molecule has 1 aromatic heterocycles. The van der Waals surface area contributed by atoms with E-state index in [1.54, 1.807) is 0 Å². The van der Waals surface area contributed by atoms with Crippen LogP contribution < -0.4 is 10.6 Å². The van der Waals surface area contributed by atoms with E-state index in [1.807, 2.05) is 60.9 Å². The van der Waals surface area contributed by atoms with Gasteiger partial charge in [-0.15, -0.1) is 0 Å². The molecule has 0 aliphatic heterocycles. The van der Waals surface area contributed by atoms with E-state index in [0.29, 0.717) is 13.0 Å². The normalized spacial score (nSPS) is 10.8. The quantitative estimate of drug-likeness (QED) is 0.619. The number of nitrogens with one attached hydrogen (secondary N) is 2. The lowest BCUT2D eigenvalue weighted by atomic mass is 10.1. The number of amides is 2. The molecule has 2 N–H and O–H groups in total. The molecule has 2 aromatic carbocycles. The van der Waals surface area contributed by atoms with E-state index in [4.69, 9.17) is 4.98 Å². The van der Waals surface area contributed by atoms with E-state index in [2.05, 4.69) is 10.6 Å². The number of carbonyl (C=O) groups excluding carboxylic acids is 2. The maximum absolute atomic E-state index is 12.8. The Kier molecular flexibility index (Phi) is 6.09. The van der Waals surface area contributed by atoms with Gasteiger partial charge < -0.3 is 15.2 Å². The number of rotatable bonds is 7. The number of aryl methyl sites for hydroxylation is 3. The minimum atomic E-state index is -0.0799. The van der Waals surface area contributed by atoms with Crippen LogP contribution in [-0.2, 0) is 22.6 Å². The van der Waals surface area contributed by atoms with Crippen molar-refractivity contribution in [3.05, 3.63) is 59.4 Å². The molecule has 0 fully saturated rings. The van der Waals surface area contributed by atoms with Crippen molar-refractivity contribution in [2.24, 2.45) is 0 Å². The van der Waals surface area contributed by atoms with Gasteiger partial charge in [0.1, 0.15) is 12.4 Å². The number of aromatic nitrogens is 2. The molecule has 3 rings (SSSR count). The Labute approximate surface area is 165 Å². The molecule has 1 heterocycles. The van der Waals surface area contributed by atoms with Crippen molar-refractivity contribution in [3.63, 3.8) is 0 Å². The Morgan fingerprint density at radius 1 is 1.04 bits per heavy atom. The lowest BCUT2D eigenvalue weighted by Crippen LogP contribution is -2.23. The van der Waals surface area contributed by atoms with E-state index in [-0.39, 0.29) is 18.4 Å². The SMILES string of the molecule is CC(=O)NCCCc1nc2ccccc2n1CC(=O)Nc1c(C)cccc1C. The summed E-state index contributed by atoms with van der Waals surface area (Å²) >= 11 is 0. The van der Waals surface area contributed by atoms with E-state index in [1.165, 1.54) is 6.92 Å². The third-order valence-corrected chi connectivity index (χ3v) is 4.73. The van der Waals surface area contributed by atoms with Crippen LogP contribution in [0, 0.1) is 13.8 Å². The molecule has 2 amide bonds. The van der Waals surface area contributed by atoms with Crippen LogP contribution in [0.2, 0.25) is 0 Å². The topological polar surface area (TPSA) is 76.0 Å². The maximum atomic E-state index is 12.8. The lowest BCUT2D eigenvalue weighted by molar-refractivity contribution is -0.119. The second-order valence-corrected chi connectivity index (χ2v) is 7.00. The molecule has 0 aliphatic carbocycles. The summed E-state index contributed by atoms with van der Waals surface area (Å²) < 4.78 is 1.96. The minimum absolute atomic E-state index is 0.0403. The number of carbonyl (C=O) groups is 2. The molecule has 6 heteroatoms. The largest absolute Gasteiger partial charge is 0.356 e. The molecular weight excluding hydrogens is 352 g/mol. The smallest absolute Gasteiger partial charge is 0.244 e. The molecule has 0 atom stereocenters. The predicted molar refractivity (Wildman–Crippen MR) is 111 cm³/mol. The third kappa shape index (κ3) is 4.57. The Balaban J connectivity index is 1.79. The summed E-state index contributed by atoms with van der Waals surface area (Å²) in [6.45, 7) is 6.27. The summed E-state index contributed by atoms with van der Waals surface area (Å²) in [5.74, 6) is 0.730. The predicted octanol–water partition coefficient (Wildman–Crippen LogP) is 3.36. The fourth-order valence-electron chi connectivity index (χ4n) is 3.34. The average molecular weight is 378 g/mol. The van der Waals surface area contributed by atoms with Gasteiger partial charge in [0.25, 0.3) is 0 Å². The molecule has 6 nitrogen and oxygen atoms in total. The van der Waals surface area contributed by atoms with Gasteiger partial charge in [0.2, 0.25) is 11.8 Å². The molecule has 0 spiro atoms. The highest BCUT2D eigenvalue weighted by atomic mass is 16.2. The summed E-state index contributed by atoms with van der Waals surface area (Å²) in [4.78, 5) is 28.5. The molecule has 0 aliphatic rings. The van der Waals surface area contributed by atoms with E-state index in [0.717, 1.165) is 40.1 Å². The van der Waals surface area contributed by atoms with Crippen molar-refractivity contribution >= 4 is 28.5 Å². The van der Waals surface area contributed by atoms with Crippen molar-refractivity contribution in [2.75, 3.05) is 11.9 Å². The summed E-state index contributed by atoms with van der Waals surface area (Å²) in [6, 6.07) is 13.8. The summed E-state index contributed by atoms with van der Waals surface area (Å²) in [7, 11) is 0. The van der Waals surface area contributed by atoms with Gasteiger partial charge in [0, 0.05) is 25.6 Å². The zero-order chi connectivity index (χ0) is 20.1. The van der Waals surface area contributed by atoms with Crippen molar-refractivity contribution < 1.29 is 9.59 Å². The molecular formula is C22H26N4O2. The number of hydrogen-bond donors (Lipinski definition) is 2. The van der Waals surface area contributed by atoms with Gasteiger partial charge >= 0.3 is 0 Å². The van der Waals surface area contributed by atoms with Crippen LogP contribution in [0.25, 0.3) is 11.0 Å². The second-order valence-electron chi connectivity index (χ2n) is 7.00. The molecule has 0 saturated heterocycles. The highest BCUT2D eigenvalue weighted by molar-refractivity contribution is 5.93. The zero-order valence-corrected chi connectivity index (χ0v) is 16.6. The second kappa shape index (κ2) is 8.69. The molecule has 0 bridgehead atoms. The number of fused-ring (bicyclic) bond motifs is 1. The standard InChI is InChI=1S/C22H26N4O2/c1-15-8-6-9-16(2)22(15)25-21(28)14-26-19-11-5-4-10-18(19)24-20(26)12-7-13-23-17(3)27/h4-6,8-11H,7,12-14H2,1-3H3,(H,23,27)(H,25,28). The van der Waals surface area contributed by atoms with Crippen molar-refractivity contribution in [2.45, 2.75) is 40.2 Å². The Hall–Kier alpha value is -3.15. The first-order valence-electron chi connectivity index (χ1n) is 9.50. The maximum Gasteiger partial charge on any atom is 0.244 e. The highest BCUT2D eigenvalue weighted by Crippen LogP contribution is 2.21. The lowest BCUT2D eigenvalue weighted by Gasteiger charge is -2.13. The number of para-hydroxylation sites is 3. The molecule has 28 heavy (non-hydrogen) atoms. The van der Waals surface area contributed by atoms with E-state index in [9.17, 15) is 9.59 Å². The number of hydrogen-bond acceptors (Lipinski definition) is 3. The van der Waals surface area contributed by atoms with Crippen LogP contribution in [0.4, 0.5) is 5.69 Å². The Morgan fingerprint density at radius 3 is 2.46 bits per heavy atom. The number of anilines is 1. The summed E-state index contributed by atoms with van der Waals surface area (Å²) in [5.41, 5.74) is 4.76. The van der Waals surface area contributed by atoms with Crippen molar-refractivity contribution in [1.29, 1.82) is 0 Å². The molecule has 3 aromatic rings. The van der Waals surface area contributed by atoms with Gasteiger partial charge in [-0.2, -0.15) is 0 Å². The van der Waals surface area contributed by atoms with Gasteiger partial charge in [-0.1, -0.05) is 30.3 Å². The fourth-order valence-corrected chi connectivity index (χ4v) is 3.34. The van der Waals surface area contributed by atoms with Crippen molar-refractivity contribution in [1.82, 2.24) is 14.9 Å². The minimum Gasteiger partial charge on any atom is -0.356 e. The van der Waals surface area contributed by atoms with Crippen LogP contribution in [0.1, 0.15) is 30.3 Å². The van der Waals surface area contributed by atoms with E-state index < -0.39 is 0 Å². The number of nitrogens with zero attached hydrogens (tertiary/aromatic N) is 2. The summed E-state index contributed by atoms with van der Waals surface area (Å²) in [5, 5.41) is 5.85. The molecule has 146 valence electrons. The van der Waals surface area contributed by atoms with Crippen LogP contribution in [0.5, 0.6) is 0 Å². The monoisotopic (exact) mass is 378 g/mol. The van der Waals surface area contributed by atoms with Gasteiger partial charge in [-0.25, -0.2) is 4.98 Å². The van der Waals surface area contributed by atoms with Crippen LogP contribution in [-0.4, -0.2) is 27.9 Å². The van der Waals surface area contributed by atoms with Crippen LogP contribution in [0.3, 0.4) is 0 Å². The first kappa shape index (κ1) is 19.6. The highest BCUT2D eigenvalue weighted by Gasteiger charge is 2.14. The van der Waals surface area contributed by atoms with Gasteiger partial charge in [0.15, 0.2) is 0 Å². The number of imidazole rings is 1. The molecule has 0 radical (unpaired) electrons. The average Bonchev–Trinajstić information content (AvgIpc) is 2.99. The summed E-state index contributed by atoms with van der Waals surface area (Å²) in [6.07, 6.45) is 1.45. The third-order valence-electron chi connectivity index (χ3n) is 4.73. The van der Waals surface area contributed by atoms with Gasteiger partial charge in [-0.05, 0) is 43.5 Å². The Morgan fingerprint density at radius 2 is 1.75 bits per heavy atom. The first-order valence-corrected chi connectivity index (χ1v) is 9.50. The van der Waals surface area contributed by atoms with E-state index >= 15 is 0 Å². The van der Waals surface area contributed by atoms with Crippen LogP contribution in [0.15, 0.2) is 42.5 Å². The fraction of sp³-hybridized carbons (Fsp3) is 0.318. The molecule has 0 unspecified atom stereocenters. The Bertz CT molecular complexity index is 987. The molecule has 0 saturated carbocycles. The van der Waals surface area contributed by atoms with Crippen molar-refractivity contribution in [3.8, 4) is 0 Å².